The van der Waals surface area contributed by atoms with E-state index in [2.05, 4.69) is 12.2 Å². The number of aliphatic carboxylic acids is 1. The Labute approximate surface area is 124 Å². The summed E-state index contributed by atoms with van der Waals surface area (Å²) in [6.07, 6.45) is 2.88. The van der Waals surface area contributed by atoms with Gasteiger partial charge in [0.1, 0.15) is 0 Å². The van der Waals surface area contributed by atoms with Crippen LogP contribution in [-0.4, -0.2) is 28.5 Å². The van der Waals surface area contributed by atoms with Crippen molar-refractivity contribution in [2.24, 2.45) is 0 Å². The van der Waals surface area contributed by atoms with Gasteiger partial charge in [-0.05, 0) is 29.9 Å². The van der Waals surface area contributed by atoms with Gasteiger partial charge in [0, 0.05) is 17.9 Å². The van der Waals surface area contributed by atoms with Gasteiger partial charge in [0.25, 0.3) is 0 Å². The van der Waals surface area contributed by atoms with E-state index in [1.165, 1.54) is 12.8 Å². The fourth-order valence-corrected chi connectivity index (χ4v) is 2.64. The van der Waals surface area contributed by atoms with Gasteiger partial charge in [-0.25, -0.2) is 0 Å². The molecule has 0 atom stereocenters. The van der Waals surface area contributed by atoms with Crippen LogP contribution < -0.4 is 5.32 Å². The van der Waals surface area contributed by atoms with Crippen LogP contribution in [0.15, 0.2) is 24.3 Å². The summed E-state index contributed by atoms with van der Waals surface area (Å²) in [5.41, 5.74) is 1.44. The van der Waals surface area contributed by atoms with Crippen LogP contribution in [0.25, 0.3) is 0 Å². The smallest absolute Gasteiger partial charge is 0.307 e. The molecular weight excluding hydrogens is 274 g/mol. The summed E-state index contributed by atoms with van der Waals surface area (Å²) >= 11 is 1.80. The molecule has 4 nitrogen and oxygen atoms in total. The zero-order valence-electron chi connectivity index (χ0n) is 11.7. The van der Waals surface area contributed by atoms with Crippen LogP contribution in [0.1, 0.15) is 31.7 Å². The fraction of sp³-hybridized carbons (Fsp3) is 0.467. The summed E-state index contributed by atoms with van der Waals surface area (Å²) in [5.74, 6) is 1.09. The van der Waals surface area contributed by atoms with Gasteiger partial charge in [-0.15, -0.1) is 0 Å². The minimum atomic E-state index is -0.856. The number of carbonyl (C=O) groups is 2. The number of anilines is 1. The lowest BCUT2D eigenvalue weighted by Gasteiger charge is -2.06. The minimum Gasteiger partial charge on any atom is -0.481 e. The van der Waals surface area contributed by atoms with Crippen molar-refractivity contribution >= 4 is 29.3 Å². The number of amides is 1. The summed E-state index contributed by atoms with van der Waals surface area (Å²) < 4.78 is 0. The van der Waals surface area contributed by atoms with Crippen molar-refractivity contribution in [2.45, 2.75) is 32.6 Å². The molecule has 0 saturated carbocycles. The van der Waals surface area contributed by atoms with Crippen molar-refractivity contribution in [1.29, 1.82) is 0 Å². The van der Waals surface area contributed by atoms with E-state index < -0.39 is 5.97 Å². The summed E-state index contributed by atoms with van der Waals surface area (Å²) in [4.78, 5) is 22.2. The second-order valence-corrected chi connectivity index (χ2v) is 5.76. The largest absolute Gasteiger partial charge is 0.481 e. The highest BCUT2D eigenvalue weighted by molar-refractivity contribution is 7.99. The van der Waals surface area contributed by atoms with Crippen molar-refractivity contribution in [3.63, 3.8) is 0 Å². The Kier molecular flexibility index (Phi) is 7.80. The molecule has 1 rings (SSSR count). The molecule has 0 saturated heterocycles. The van der Waals surface area contributed by atoms with Crippen molar-refractivity contribution in [1.82, 2.24) is 0 Å². The molecule has 0 aliphatic heterocycles. The fourth-order valence-electron chi connectivity index (χ4n) is 1.62. The van der Waals surface area contributed by atoms with Crippen molar-refractivity contribution in [3.05, 3.63) is 29.8 Å². The van der Waals surface area contributed by atoms with Crippen LogP contribution in [0, 0.1) is 0 Å². The van der Waals surface area contributed by atoms with Crippen molar-refractivity contribution in [3.8, 4) is 0 Å². The molecule has 0 spiro atoms. The molecule has 0 aliphatic carbocycles. The first kappa shape index (κ1) is 16.6. The Bertz CT molecular complexity index is 431. The van der Waals surface area contributed by atoms with E-state index in [4.69, 9.17) is 5.11 Å². The van der Waals surface area contributed by atoms with E-state index in [0.29, 0.717) is 12.1 Å². The van der Waals surface area contributed by atoms with E-state index in [1.54, 1.807) is 36.0 Å². The number of benzene rings is 1. The van der Waals surface area contributed by atoms with Crippen molar-refractivity contribution < 1.29 is 14.7 Å². The van der Waals surface area contributed by atoms with Gasteiger partial charge in [0.15, 0.2) is 0 Å². The highest BCUT2D eigenvalue weighted by Gasteiger charge is 2.04. The molecule has 1 aromatic carbocycles. The van der Waals surface area contributed by atoms with E-state index in [1.807, 2.05) is 0 Å². The van der Waals surface area contributed by atoms with E-state index >= 15 is 0 Å². The maximum Gasteiger partial charge on any atom is 0.307 e. The average Bonchev–Trinajstić information content (AvgIpc) is 2.40. The third-order valence-corrected chi connectivity index (χ3v) is 3.78. The van der Waals surface area contributed by atoms with Gasteiger partial charge in [-0.3, -0.25) is 9.59 Å². The molecule has 1 aromatic rings. The average molecular weight is 295 g/mol. The first-order chi connectivity index (χ1) is 9.61. The third-order valence-electron chi connectivity index (χ3n) is 2.71. The molecule has 20 heavy (non-hydrogen) atoms. The second kappa shape index (κ2) is 9.42. The third kappa shape index (κ3) is 7.19. The maximum absolute atomic E-state index is 11.7. The summed E-state index contributed by atoms with van der Waals surface area (Å²) in [7, 11) is 0. The van der Waals surface area contributed by atoms with E-state index in [-0.39, 0.29) is 12.3 Å². The lowest BCUT2D eigenvalue weighted by atomic mass is 10.1. The minimum absolute atomic E-state index is 0.0000157. The number of carboxylic acids is 1. The lowest BCUT2D eigenvalue weighted by molar-refractivity contribution is -0.136. The number of unbranched alkanes of at least 4 members (excludes halogenated alkanes) is 1. The number of hydrogen-bond donors (Lipinski definition) is 2. The van der Waals surface area contributed by atoms with Crippen LogP contribution in [-0.2, 0) is 16.0 Å². The molecule has 0 bridgehead atoms. The van der Waals surface area contributed by atoms with E-state index in [0.717, 1.165) is 17.1 Å². The Balaban J connectivity index is 2.29. The number of hydrogen-bond acceptors (Lipinski definition) is 3. The lowest BCUT2D eigenvalue weighted by Crippen LogP contribution is -2.12. The topological polar surface area (TPSA) is 66.4 Å². The molecule has 0 aliphatic rings. The van der Waals surface area contributed by atoms with Gasteiger partial charge < -0.3 is 10.4 Å². The Morgan fingerprint density at radius 3 is 2.50 bits per heavy atom. The van der Waals surface area contributed by atoms with Gasteiger partial charge in [0.2, 0.25) is 5.91 Å². The second-order valence-electron chi connectivity index (χ2n) is 4.53. The number of nitrogens with one attached hydrogen (secondary N) is 1. The molecule has 1 amide bonds. The van der Waals surface area contributed by atoms with Crippen LogP contribution in [0.4, 0.5) is 5.69 Å². The predicted octanol–water partition coefficient (Wildman–Crippen LogP) is 3.18. The first-order valence-electron chi connectivity index (χ1n) is 6.80. The summed E-state index contributed by atoms with van der Waals surface area (Å²) in [6, 6.07) is 6.92. The number of rotatable bonds is 9. The quantitative estimate of drug-likeness (QED) is 0.687. The summed E-state index contributed by atoms with van der Waals surface area (Å²) in [5, 5.41) is 11.5. The Morgan fingerprint density at radius 2 is 1.90 bits per heavy atom. The first-order valence-corrected chi connectivity index (χ1v) is 7.95. The standard InChI is InChI=1S/C15H21NO3S/c1-2-3-9-20-10-8-14(17)16-13-6-4-12(5-7-13)11-15(18)19/h4-7H,2-3,8-11H2,1H3,(H,16,17)(H,18,19). The molecule has 0 fully saturated rings. The highest BCUT2D eigenvalue weighted by Crippen LogP contribution is 2.12. The monoisotopic (exact) mass is 295 g/mol. The number of carbonyl (C=O) groups excluding carboxylic acids is 1. The Hall–Kier alpha value is -1.49. The Morgan fingerprint density at radius 1 is 1.20 bits per heavy atom. The van der Waals surface area contributed by atoms with Crippen LogP contribution in [0.3, 0.4) is 0 Å². The zero-order valence-corrected chi connectivity index (χ0v) is 12.5. The van der Waals surface area contributed by atoms with E-state index in [9.17, 15) is 9.59 Å². The molecule has 2 N–H and O–H groups in total. The van der Waals surface area contributed by atoms with Gasteiger partial charge in [-0.2, -0.15) is 11.8 Å². The maximum atomic E-state index is 11.7. The zero-order chi connectivity index (χ0) is 14.8. The van der Waals surface area contributed by atoms with Gasteiger partial charge in [-0.1, -0.05) is 25.5 Å². The molecule has 110 valence electrons. The van der Waals surface area contributed by atoms with Gasteiger partial charge in [0.05, 0.1) is 6.42 Å². The van der Waals surface area contributed by atoms with Crippen LogP contribution in [0.5, 0.6) is 0 Å². The molecule has 0 heterocycles. The summed E-state index contributed by atoms with van der Waals surface area (Å²) in [6.45, 7) is 2.15. The molecule has 0 radical (unpaired) electrons. The molecule has 0 unspecified atom stereocenters. The SMILES string of the molecule is CCCCSCCC(=O)Nc1ccc(CC(=O)O)cc1. The predicted molar refractivity (Wildman–Crippen MR) is 83.3 cm³/mol. The normalized spacial score (nSPS) is 10.2. The molecule has 0 aromatic heterocycles. The number of thioether (sulfide) groups is 1. The van der Waals surface area contributed by atoms with Crippen LogP contribution in [0.2, 0.25) is 0 Å². The molecule has 5 heteroatoms. The molecular formula is C15H21NO3S. The van der Waals surface area contributed by atoms with Crippen molar-refractivity contribution in [2.75, 3.05) is 16.8 Å². The van der Waals surface area contributed by atoms with Gasteiger partial charge >= 0.3 is 5.97 Å². The van der Waals surface area contributed by atoms with Crippen LogP contribution >= 0.6 is 11.8 Å². The highest BCUT2D eigenvalue weighted by atomic mass is 32.2. The number of carboxylic acid groups (broad SMARTS) is 1.